The number of carbonyl (C=O) groups is 1. The molecule has 28 heavy (non-hydrogen) atoms. The van der Waals surface area contributed by atoms with Crippen LogP contribution in [0.3, 0.4) is 0 Å². The molecular formula is C25H28ClNO. The van der Waals surface area contributed by atoms with Crippen LogP contribution in [0.4, 0.5) is 0 Å². The molecule has 0 amide bonds. The van der Waals surface area contributed by atoms with E-state index in [-0.39, 0.29) is 27.9 Å². The Kier molecular flexibility index (Phi) is 3.40. The molecule has 3 aliphatic carbocycles. The van der Waals surface area contributed by atoms with Crippen LogP contribution >= 0.6 is 11.6 Å². The van der Waals surface area contributed by atoms with Gasteiger partial charge in [0.1, 0.15) is 0 Å². The van der Waals surface area contributed by atoms with Crippen LogP contribution in [-0.2, 0) is 15.6 Å². The largest absolute Gasteiger partial charge is 0.357 e. The van der Waals surface area contributed by atoms with Gasteiger partial charge in [-0.25, -0.2) is 0 Å². The average Bonchev–Trinajstić information content (AvgIpc) is 2.98. The third-order valence-corrected chi connectivity index (χ3v) is 8.52. The van der Waals surface area contributed by atoms with Crippen LogP contribution in [0, 0.1) is 11.3 Å². The summed E-state index contributed by atoms with van der Waals surface area (Å²) < 4.78 is 0. The summed E-state index contributed by atoms with van der Waals surface area (Å²) in [6.45, 7) is 15.2. The van der Waals surface area contributed by atoms with E-state index in [1.54, 1.807) is 0 Å². The monoisotopic (exact) mass is 393 g/mol. The molecule has 5 rings (SSSR count). The molecule has 0 spiro atoms. The number of ketones is 1. The van der Waals surface area contributed by atoms with E-state index in [1.165, 1.54) is 33.3 Å². The lowest BCUT2D eigenvalue weighted by Crippen LogP contribution is -2.45. The van der Waals surface area contributed by atoms with E-state index in [2.05, 4.69) is 64.4 Å². The fourth-order valence-electron chi connectivity index (χ4n) is 6.15. The molecule has 1 N–H and O–H groups in total. The van der Waals surface area contributed by atoms with Crippen molar-refractivity contribution in [2.45, 2.75) is 63.7 Å². The van der Waals surface area contributed by atoms with E-state index in [4.69, 9.17) is 11.6 Å². The summed E-state index contributed by atoms with van der Waals surface area (Å²) in [4.78, 5) is 17.4. The summed E-state index contributed by atoms with van der Waals surface area (Å²) in [5, 5.41) is 1.16. The van der Waals surface area contributed by atoms with Gasteiger partial charge < -0.3 is 4.98 Å². The number of H-pyrrole nitrogens is 1. The first-order valence-electron chi connectivity index (χ1n) is 10.3. The number of Topliss-reactive ketones (excluding diaryl/α,β-unsaturated/α-hetero) is 1. The van der Waals surface area contributed by atoms with Gasteiger partial charge in [-0.3, -0.25) is 4.79 Å². The minimum absolute atomic E-state index is 0.0863. The maximum atomic E-state index is 13.7. The SMILES string of the molecule is C=C[C@]1(C)C2=C3c4c([nH]c5cccc(c45)C(C)(C)[C@H]3C[C@H]1Cl)C(C)(C)CC2=O. The van der Waals surface area contributed by atoms with Crippen molar-refractivity contribution in [1.29, 1.82) is 0 Å². The van der Waals surface area contributed by atoms with Crippen molar-refractivity contribution in [3.63, 3.8) is 0 Å². The van der Waals surface area contributed by atoms with E-state index < -0.39 is 5.41 Å². The van der Waals surface area contributed by atoms with Gasteiger partial charge in [0.25, 0.3) is 0 Å². The van der Waals surface area contributed by atoms with Gasteiger partial charge in [-0.2, -0.15) is 0 Å². The Labute approximate surface area is 172 Å². The van der Waals surface area contributed by atoms with E-state index in [9.17, 15) is 4.79 Å². The second kappa shape index (κ2) is 5.21. The lowest BCUT2D eigenvalue weighted by molar-refractivity contribution is -0.117. The maximum Gasteiger partial charge on any atom is 0.161 e. The zero-order valence-corrected chi connectivity index (χ0v) is 18.1. The summed E-state index contributed by atoms with van der Waals surface area (Å²) in [6.07, 6.45) is 3.25. The molecule has 3 aliphatic rings. The summed E-state index contributed by atoms with van der Waals surface area (Å²) in [5.74, 6) is 0.453. The smallest absolute Gasteiger partial charge is 0.161 e. The third-order valence-electron chi connectivity index (χ3n) is 7.89. The van der Waals surface area contributed by atoms with Gasteiger partial charge >= 0.3 is 0 Å². The van der Waals surface area contributed by atoms with Crippen molar-refractivity contribution in [3.05, 3.63) is 53.2 Å². The molecule has 3 atom stereocenters. The second-order valence-electron chi connectivity index (χ2n) is 10.3. The number of hydrogen-bond donors (Lipinski definition) is 1. The van der Waals surface area contributed by atoms with Crippen molar-refractivity contribution < 1.29 is 4.79 Å². The minimum atomic E-state index is -0.506. The highest BCUT2D eigenvalue weighted by Gasteiger charge is 2.55. The Morgan fingerprint density at radius 3 is 2.61 bits per heavy atom. The second-order valence-corrected chi connectivity index (χ2v) is 10.9. The van der Waals surface area contributed by atoms with Gasteiger partial charge in [-0.15, -0.1) is 18.2 Å². The summed E-state index contributed by atoms with van der Waals surface area (Å²) in [6, 6.07) is 6.58. The van der Waals surface area contributed by atoms with Gasteiger partial charge in [0.2, 0.25) is 0 Å². The molecule has 0 fully saturated rings. The summed E-state index contributed by atoms with van der Waals surface area (Å²) in [7, 11) is 0. The predicted molar refractivity (Wildman–Crippen MR) is 117 cm³/mol. The Hall–Kier alpha value is -1.80. The normalized spacial score (nSPS) is 32.4. The number of halogens is 1. The minimum Gasteiger partial charge on any atom is -0.357 e. The summed E-state index contributed by atoms with van der Waals surface area (Å²) >= 11 is 6.99. The maximum absolute atomic E-state index is 13.7. The van der Waals surface area contributed by atoms with E-state index in [0.29, 0.717) is 6.42 Å². The van der Waals surface area contributed by atoms with E-state index in [0.717, 1.165) is 12.0 Å². The number of benzene rings is 1. The number of aromatic amines is 1. The lowest BCUT2D eigenvalue weighted by Gasteiger charge is -2.50. The molecule has 0 unspecified atom stereocenters. The van der Waals surface area contributed by atoms with Crippen LogP contribution < -0.4 is 0 Å². The predicted octanol–water partition coefficient (Wildman–Crippen LogP) is 6.28. The van der Waals surface area contributed by atoms with Crippen molar-refractivity contribution >= 4 is 33.9 Å². The highest BCUT2D eigenvalue weighted by molar-refractivity contribution is 6.24. The first-order chi connectivity index (χ1) is 13.0. The molecule has 146 valence electrons. The fraction of sp³-hybridized carbons (Fsp3) is 0.480. The van der Waals surface area contributed by atoms with Crippen LogP contribution in [-0.4, -0.2) is 16.1 Å². The van der Waals surface area contributed by atoms with Crippen molar-refractivity contribution in [1.82, 2.24) is 4.98 Å². The number of hydrogen-bond acceptors (Lipinski definition) is 1. The summed E-state index contributed by atoms with van der Waals surface area (Å²) in [5.41, 5.74) is 6.32. The first kappa shape index (κ1) is 18.2. The molecule has 0 saturated carbocycles. The first-order valence-corrected chi connectivity index (χ1v) is 10.7. The Morgan fingerprint density at radius 2 is 1.93 bits per heavy atom. The van der Waals surface area contributed by atoms with Gasteiger partial charge in [0, 0.05) is 50.4 Å². The van der Waals surface area contributed by atoms with Crippen molar-refractivity contribution in [3.8, 4) is 0 Å². The van der Waals surface area contributed by atoms with Crippen LogP contribution in [0.5, 0.6) is 0 Å². The molecule has 1 aromatic heterocycles. The van der Waals surface area contributed by atoms with Gasteiger partial charge in [0.05, 0.1) is 0 Å². The number of carbonyl (C=O) groups excluding carboxylic acids is 1. The van der Waals surface area contributed by atoms with Crippen molar-refractivity contribution in [2.24, 2.45) is 11.3 Å². The molecule has 0 bridgehead atoms. The molecule has 0 radical (unpaired) electrons. The quantitative estimate of drug-likeness (QED) is 0.448. The molecule has 2 aromatic rings. The molecule has 2 nitrogen and oxygen atoms in total. The zero-order chi connectivity index (χ0) is 20.2. The highest BCUT2D eigenvalue weighted by atomic mass is 35.5. The number of aromatic nitrogens is 1. The van der Waals surface area contributed by atoms with E-state index >= 15 is 0 Å². The third kappa shape index (κ3) is 1.93. The fourth-order valence-corrected chi connectivity index (χ4v) is 6.53. The van der Waals surface area contributed by atoms with E-state index in [1.807, 2.05) is 6.08 Å². The molecular weight excluding hydrogens is 366 g/mol. The number of allylic oxidation sites excluding steroid dienone is 3. The average molecular weight is 394 g/mol. The standard InChI is InChI=1S/C25H28ClNO/c1-7-25(6)17(26)11-14-19-20-18-13(24(14,4)5)9-8-10-15(18)27-22(20)23(2,3)12-16(28)21(19)25/h7-10,14,17,27H,1,11-12H2,2-6H3/t14-,17+,25-/m0/s1. The Balaban J connectivity index is 2.04. The van der Waals surface area contributed by atoms with Crippen molar-refractivity contribution in [2.75, 3.05) is 0 Å². The van der Waals surface area contributed by atoms with Crippen LogP contribution in [0.15, 0.2) is 36.4 Å². The lowest BCUT2D eigenvalue weighted by atomic mass is 9.55. The number of rotatable bonds is 1. The number of alkyl halides is 1. The van der Waals surface area contributed by atoms with Gasteiger partial charge in [0.15, 0.2) is 5.78 Å². The van der Waals surface area contributed by atoms with Gasteiger partial charge in [-0.05, 0) is 35.0 Å². The Bertz CT molecular complexity index is 1100. The zero-order valence-electron chi connectivity index (χ0n) is 17.4. The van der Waals surface area contributed by atoms with Crippen LogP contribution in [0.2, 0.25) is 0 Å². The molecule has 0 saturated heterocycles. The van der Waals surface area contributed by atoms with Crippen LogP contribution in [0.1, 0.15) is 64.3 Å². The molecule has 1 heterocycles. The van der Waals surface area contributed by atoms with Gasteiger partial charge in [-0.1, -0.05) is 52.8 Å². The molecule has 3 heteroatoms. The molecule has 0 aliphatic heterocycles. The Morgan fingerprint density at radius 1 is 1.21 bits per heavy atom. The molecule has 1 aromatic carbocycles. The number of nitrogens with one attached hydrogen (secondary N) is 1. The highest BCUT2D eigenvalue weighted by Crippen LogP contribution is 2.62. The van der Waals surface area contributed by atoms with Crippen LogP contribution in [0.25, 0.3) is 16.5 Å². The topological polar surface area (TPSA) is 32.9 Å².